The summed E-state index contributed by atoms with van der Waals surface area (Å²) < 4.78 is 22.8. The highest BCUT2D eigenvalue weighted by atomic mass is 32.2. The van der Waals surface area contributed by atoms with Crippen LogP contribution in [0.15, 0.2) is 53.7 Å². The number of urea groups is 1. The molecule has 1 aromatic heterocycles. The van der Waals surface area contributed by atoms with Crippen molar-refractivity contribution >= 4 is 21.6 Å². The Morgan fingerprint density at radius 3 is 2.31 bits per heavy atom. The molecule has 2 N–H and O–H groups in total. The monoisotopic (exact) mass is 373 g/mol. The molecule has 1 aliphatic rings. The SMILES string of the molecule is CS(=O)(=O)c1ccc(NC(=O)NC2CCC(c3ccccc3)CC2)cn1. The van der Waals surface area contributed by atoms with Crippen LogP contribution in [0.4, 0.5) is 10.5 Å². The van der Waals surface area contributed by atoms with Gasteiger partial charge in [-0.05, 0) is 49.3 Å². The van der Waals surface area contributed by atoms with Crippen molar-refractivity contribution in [1.82, 2.24) is 10.3 Å². The molecule has 1 saturated carbocycles. The third kappa shape index (κ3) is 4.82. The van der Waals surface area contributed by atoms with Crippen molar-refractivity contribution in [1.29, 1.82) is 0 Å². The van der Waals surface area contributed by atoms with Crippen LogP contribution in [0.1, 0.15) is 37.2 Å². The summed E-state index contributed by atoms with van der Waals surface area (Å²) in [7, 11) is -3.34. The fourth-order valence-corrected chi connectivity index (χ4v) is 3.88. The molecule has 1 aromatic carbocycles. The normalized spacial score (nSPS) is 20.3. The number of pyridine rings is 1. The van der Waals surface area contributed by atoms with E-state index < -0.39 is 9.84 Å². The van der Waals surface area contributed by atoms with E-state index in [1.807, 2.05) is 6.07 Å². The molecule has 0 bridgehead atoms. The van der Waals surface area contributed by atoms with Crippen LogP contribution in [0, 0.1) is 0 Å². The topological polar surface area (TPSA) is 88.2 Å². The Balaban J connectivity index is 1.49. The van der Waals surface area contributed by atoms with Crippen molar-refractivity contribution in [2.24, 2.45) is 0 Å². The van der Waals surface area contributed by atoms with Gasteiger partial charge in [0, 0.05) is 12.3 Å². The lowest BCUT2D eigenvalue weighted by Crippen LogP contribution is -2.39. The number of benzene rings is 1. The molecule has 2 aromatic rings. The molecule has 7 heteroatoms. The van der Waals surface area contributed by atoms with Crippen LogP contribution in [0.5, 0.6) is 0 Å². The first kappa shape index (κ1) is 18.4. The molecule has 0 saturated heterocycles. The van der Waals surface area contributed by atoms with E-state index in [1.54, 1.807) is 0 Å². The van der Waals surface area contributed by atoms with Gasteiger partial charge in [-0.3, -0.25) is 0 Å². The van der Waals surface area contributed by atoms with Crippen LogP contribution >= 0.6 is 0 Å². The standard InChI is InChI=1S/C19H23N3O3S/c1-26(24,25)18-12-11-17(13-20-18)22-19(23)21-16-9-7-15(8-10-16)14-5-3-2-4-6-14/h2-6,11-13,15-16H,7-10H2,1H3,(H2,21,22,23). The molecular weight excluding hydrogens is 350 g/mol. The van der Waals surface area contributed by atoms with Crippen LogP contribution in [-0.2, 0) is 9.84 Å². The number of nitrogens with one attached hydrogen (secondary N) is 2. The van der Waals surface area contributed by atoms with Crippen molar-refractivity contribution in [3.05, 3.63) is 54.2 Å². The first-order valence-electron chi connectivity index (χ1n) is 8.70. The summed E-state index contributed by atoms with van der Waals surface area (Å²) in [4.78, 5) is 16.0. The van der Waals surface area contributed by atoms with E-state index >= 15 is 0 Å². The summed E-state index contributed by atoms with van der Waals surface area (Å²) in [5.74, 6) is 0.560. The molecule has 0 radical (unpaired) electrons. The van der Waals surface area contributed by atoms with Crippen molar-refractivity contribution < 1.29 is 13.2 Å². The molecule has 6 nitrogen and oxygen atoms in total. The van der Waals surface area contributed by atoms with Gasteiger partial charge >= 0.3 is 6.03 Å². The van der Waals surface area contributed by atoms with E-state index in [-0.39, 0.29) is 17.1 Å². The minimum Gasteiger partial charge on any atom is -0.335 e. The van der Waals surface area contributed by atoms with Crippen LogP contribution < -0.4 is 10.6 Å². The van der Waals surface area contributed by atoms with Crippen molar-refractivity contribution in [2.75, 3.05) is 11.6 Å². The molecular formula is C19H23N3O3S. The molecule has 138 valence electrons. The summed E-state index contributed by atoms with van der Waals surface area (Å²) >= 11 is 0. The first-order valence-corrected chi connectivity index (χ1v) is 10.6. The molecule has 1 aliphatic carbocycles. The Morgan fingerprint density at radius 2 is 1.73 bits per heavy atom. The number of sulfone groups is 1. The highest BCUT2D eigenvalue weighted by molar-refractivity contribution is 7.90. The summed E-state index contributed by atoms with van der Waals surface area (Å²) in [5.41, 5.74) is 1.83. The summed E-state index contributed by atoms with van der Waals surface area (Å²) in [6, 6.07) is 13.3. The van der Waals surface area contributed by atoms with E-state index in [1.165, 1.54) is 23.9 Å². The fraction of sp³-hybridized carbons (Fsp3) is 0.368. The van der Waals surface area contributed by atoms with Gasteiger partial charge in [0.15, 0.2) is 14.9 Å². The van der Waals surface area contributed by atoms with E-state index in [4.69, 9.17) is 0 Å². The number of amides is 2. The van der Waals surface area contributed by atoms with E-state index in [2.05, 4.69) is 39.9 Å². The molecule has 2 amide bonds. The van der Waals surface area contributed by atoms with Crippen LogP contribution in [0.2, 0.25) is 0 Å². The van der Waals surface area contributed by atoms with Gasteiger partial charge < -0.3 is 10.6 Å². The second-order valence-electron chi connectivity index (χ2n) is 6.71. The Kier molecular flexibility index (Phi) is 5.56. The van der Waals surface area contributed by atoms with Crippen LogP contribution in [0.25, 0.3) is 0 Å². The van der Waals surface area contributed by atoms with E-state index in [9.17, 15) is 13.2 Å². The number of anilines is 1. The maximum absolute atomic E-state index is 12.1. The zero-order valence-corrected chi connectivity index (χ0v) is 15.5. The van der Waals surface area contributed by atoms with Gasteiger partial charge in [-0.2, -0.15) is 0 Å². The number of nitrogens with zero attached hydrogens (tertiary/aromatic N) is 1. The maximum Gasteiger partial charge on any atom is 0.319 e. The summed E-state index contributed by atoms with van der Waals surface area (Å²) in [6.45, 7) is 0. The zero-order valence-electron chi connectivity index (χ0n) is 14.7. The van der Waals surface area contributed by atoms with E-state index in [0.29, 0.717) is 11.6 Å². The molecule has 1 fully saturated rings. The van der Waals surface area contributed by atoms with Gasteiger partial charge in [0.25, 0.3) is 0 Å². The summed E-state index contributed by atoms with van der Waals surface area (Å²) in [5, 5.41) is 5.68. The predicted octanol–water partition coefficient (Wildman–Crippen LogP) is 3.33. The second-order valence-corrected chi connectivity index (χ2v) is 8.68. The Hall–Kier alpha value is -2.41. The number of rotatable bonds is 4. The maximum atomic E-state index is 12.1. The third-order valence-electron chi connectivity index (χ3n) is 4.71. The largest absolute Gasteiger partial charge is 0.335 e. The van der Waals surface area contributed by atoms with Crippen molar-refractivity contribution in [3.63, 3.8) is 0 Å². The Bertz CT molecular complexity index is 843. The molecule has 0 spiro atoms. The molecule has 0 atom stereocenters. The summed E-state index contributed by atoms with van der Waals surface area (Å²) in [6.07, 6.45) is 6.44. The molecule has 0 aliphatic heterocycles. The number of carbonyl (C=O) groups is 1. The van der Waals surface area contributed by atoms with Gasteiger partial charge in [0.05, 0.1) is 11.9 Å². The van der Waals surface area contributed by atoms with Gasteiger partial charge in [-0.25, -0.2) is 18.2 Å². The molecule has 0 unspecified atom stereocenters. The third-order valence-corrected chi connectivity index (χ3v) is 5.71. The average Bonchev–Trinajstić information content (AvgIpc) is 2.63. The number of hydrogen-bond acceptors (Lipinski definition) is 4. The Labute approximate surface area is 154 Å². The molecule has 3 rings (SSSR count). The lowest BCUT2D eigenvalue weighted by Gasteiger charge is -2.29. The van der Waals surface area contributed by atoms with Gasteiger partial charge in [0.2, 0.25) is 0 Å². The molecule has 1 heterocycles. The van der Waals surface area contributed by atoms with Gasteiger partial charge in [0.1, 0.15) is 0 Å². The van der Waals surface area contributed by atoms with Crippen LogP contribution in [-0.4, -0.2) is 31.7 Å². The van der Waals surface area contributed by atoms with Crippen molar-refractivity contribution in [2.45, 2.75) is 42.7 Å². The predicted molar refractivity (Wildman–Crippen MR) is 101 cm³/mol. The lowest BCUT2D eigenvalue weighted by molar-refractivity contribution is 0.242. The smallest absolute Gasteiger partial charge is 0.319 e. The minimum atomic E-state index is -3.34. The minimum absolute atomic E-state index is 0.0114. The molecule has 26 heavy (non-hydrogen) atoms. The van der Waals surface area contributed by atoms with E-state index in [0.717, 1.165) is 31.9 Å². The fourth-order valence-electron chi connectivity index (χ4n) is 3.32. The quantitative estimate of drug-likeness (QED) is 0.860. The number of hydrogen-bond donors (Lipinski definition) is 2. The van der Waals surface area contributed by atoms with Gasteiger partial charge in [-0.1, -0.05) is 30.3 Å². The zero-order chi connectivity index (χ0) is 18.6. The van der Waals surface area contributed by atoms with Crippen LogP contribution in [0.3, 0.4) is 0 Å². The highest BCUT2D eigenvalue weighted by Gasteiger charge is 2.23. The number of aromatic nitrogens is 1. The second kappa shape index (κ2) is 7.86. The number of carbonyl (C=O) groups excluding carboxylic acids is 1. The lowest BCUT2D eigenvalue weighted by atomic mass is 9.82. The highest BCUT2D eigenvalue weighted by Crippen LogP contribution is 2.32. The average molecular weight is 373 g/mol. The van der Waals surface area contributed by atoms with Crippen molar-refractivity contribution in [3.8, 4) is 0 Å². The van der Waals surface area contributed by atoms with Gasteiger partial charge in [-0.15, -0.1) is 0 Å². The first-order chi connectivity index (χ1) is 12.4. The Morgan fingerprint density at radius 1 is 1.04 bits per heavy atom.